The topological polar surface area (TPSA) is 31.2 Å². The average Bonchev–Trinajstić information content (AvgIpc) is 2.83. The van der Waals surface area contributed by atoms with Gasteiger partial charge in [-0.1, -0.05) is 45.1 Å². The van der Waals surface area contributed by atoms with Crippen LogP contribution in [-0.4, -0.2) is 61.8 Å². The van der Waals surface area contributed by atoms with Crippen LogP contribution in [0.2, 0.25) is 0 Å². The molecular weight excluding hydrogens is 460 g/mol. The molecule has 194 valence electrons. The van der Waals surface area contributed by atoms with Crippen molar-refractivity contribution < 1.29 is 0 Å². The van der Waals surface area contributed by atoms with Crippen LogP contribution >= 0.6 is 12.6 Å². The van der Waals surface area contributed by atoms with Crippen molar-refractivity contribution in [1.82, 2.24) is 4.90 Å². The maximum absolute atomic E-state index is 5.32. The molecule has 0 fully saturated rings. The zero-order chi connectivity index (χ0) is 26.3. The summed E-state index contributed by atoms with van der Waals surface area (Å²) in [6.07, 6.45) is 13.4. The van der Waals surface area contributed by atoms with Crippen LogP contribution in [0.15, 0.2) is 69.5 Å². The Morgan fingerprint density at radius 2 is 2.03 bits per heavy atom. The number of rotatable bonds is 9. The summed E-state index contributed by atoms with van der Waals surface area (Å²) < 4.78 is 0. The molecule has 2 unspecified atom stereocenters. The highest BCUT2D eigenvalue weighted by Gasteiger charge is 2.39. The van der Waals surface area contributed by atoms with Gasteiger partial charge in [0, 0.05) is 37.2 Å². The molecule has 0 N–H and O–H groups in total. The Balaban J connectivity index is 1.95. The number of benzene rings is 1. The lowest BCUT2D eigenvalue weighted by molar-refractivity contribution is 0.248. The van der Waals surface area contributed by atoms with Crippen molar-refractivity contribution in [2.24, 2.45) is 15.4 Å². The number of likely N-dealkylation sites (N-methyl/N-ethyl adjacent to an activating group) is 1. The van der Waals surface area contributed by atoms with Crippen molar-refractivity contribution >= 4 is 30.2 Å². The minimum atomic E-state index is -0.0806. The predicted octanol–water partition coefficient (Wildman–Crippen LogP) is 6.48. The van der Waals surface area contributed by atoms with Crippen LogP contribution < -0.4 is 4.90 Å². The molecule has 1 aliphatic carbocycles. The van der Waals surface area contributed by atoms with Gasteiger partial charge >= 0.3 is 0 Å². The van der Waals surface area contributed by atoms with Crippen molar-refractivity contribution in [3.8, 4) is 0 Å². The molecule has 5 heteroatoms. The average molecular weight is 505 g/mol. The molecule has 0 spiro atoms. The lowest BCUT2D eigenvalue weighted by Gasteiger charge is -2.40. The first kappa shape index (κ1) is 28.2. The Kier molecular flexibility index (Phi) is 10.0. The van der Waals surface area contributed by atoms with Crippen molar-refractivity contribution in [3.05, 3.63) is 70.6 Å². The van der Waals surface area contributed by atoms with Gasteiger partial charge in [-0.25, -0.2) is 0 Å². The lowest BCUT2D eigenvalue weighted by atomic mass is 9.74. The summed E-state index contributed by atoms with van der Waals surface area (Å²) in [5.41, 5.74) is 10.8. The molecule has 36 heavy (non-hydrogen) atoms. The predicted molar refractivity (Wildman–Crippen MR) is 161 cm³/mol. The highest BCUT2D eigenvalue weighted by Crippen LogP contribution is 2.39. The van der Waals surface area contributed by atoms with Crippen LogP contribution in [0.1, 0.15) is 51.7 Å². The molecule has 1 aliphatic heterocycles. The summed E-state index contributed by atoms with van der Waals surface area (Å²) in [6, 6.07) is 7.13. The molecule has 4 nitrogen and oxygen atoms in total. The Labute approximate surface area is 224 Å². The molecule has 2 atom stereocenters. The van der Waals surface area contributed by atoms with Crippen LogP contribution in [0, 0.1) is 12.3 Å². The number of hydrogen-bond donors (Lipinski definition) is 1. The number of hydrogen-bond acceptors (Lipinski definition) is 5. The summed E-state index contributed by atoms with van der Waals surface area (Å²) in [6.45, 7) is 12.9. The number of fused-ring (bicyclic) bond motifs is 1. The number of aryl methyl sites for hydroxylation is 2. The van der Waals surface area contributed by atoms with Gasteiger partial charge in [0.2, 0.25) is 0 Å². The van der Waals surface area contributed by atoms with Gasteiger partial charge < -0.3 is 9.80 Å². The van der Waals surface area contributed by atoms with Crippen molar-refractivity contribution in [2.45, 2.75) is 66.0 Å². The van der Waals surface area contributed by atoms with Crippen molar-refractivity contribution in [1.29, 1.82) is 0 Å². The fourth-order valence-electron chi connectivity index (χ4n) is 5.05. The first-order chi connectivity index (χ1) is 17.2. The van der Waals surface area contributed by atoms with Gasteiger partial charge in [0.05, 0.1) is 23.5 Å². The van der Waals surface area contributed by atoms with Gasteiger partial charge in [0.1, 0.15) is 0 Å². The van der Waals surface area contributed by atoms with Crippen molar-refractivity contribution in [3.63, 3.8) is 0 Å². The third kappa shape index (κ3) is 7.12. The van der Waals surface area contributed by atoms with E-state index in [1.54, 1.807) is 0 Å². The Morgan fingerprint density at radius 1 is 1.25 bits per heavy atom. The van der Waals surface area contributed by atoms with Crippen molar-refractivity contribution in [2.75, 3.05) is 37.8 Å². The third-order valence-corrected chi connectivity index (χ3v) is 7.15. The number of anilines is 1. The van der Waals surface area contributed by atoms with Crippen LogP contribution in [0.4, 0.5) is 5.69 Å². The van der Waals surface area contributed by atoms with Gasteiger partial charge in [-0.05, 0) is 81.1 Å². The van der Waals surface area contributed by atoms with Crippen LogP contribution in [0.25, 0.3) is 0 Å². The Morgan fingerprint density at radius 3 is 2.69 bits per heavy atom. The first-order valence-electron chi connectivity index (χ1n) is 13.2. The summed E-state index contributed by atoms with van der Waals surface area (Å²) >= 11 is 4.61. The monoisotopic (exact) mass is 504 g/mol. The third-order valence-electron chi connectivity index (χ3n) is 6.95. The van der Waals surface area contributed by atoms with Gasteiger partial charge in [-0.2, -0.15) is 12.6 Å². The molecule has 1 heterocycles. The summed E-state index contributed by atoms with van der Waals surface area (Å²) in [4.78, 5) is 14.9. The van der Waals surface area contributed by atoms with Crippen LogP contribution in [-0.2, 0) is 6.42 Å². The second-order valence-electron chi connectivity index (χ2n) is 10.8. The standard InChI is InChI=1S/C31H44N4S/c1-8-24-18-23(3)19-27(20-24)35(16-17-36)26-13-10-14-28-30(31(4,5)21-26)33-29(22-32-28)25(9-2)12-11-15-34(6)7/h9-12,18-20,22,28,30,36H,8,14-17,21H2,1-7H3/b12-11?,25-9+. The lowest BCUT2D eigenvalue weighted by Crippen LogP contribution is -2.43. The molecule has 3 rings (SSSR count). The quantitative estimate of drug-likeness (QED) is 0.237. The minimum absolute atomic E-state index is 0.0806. The second-order valence-corrected chi connectivity index (χ2v) is 11.3. The zero-order valence-corrected chi connectivity index (χ0v) is 24.1. The van der Waals surface area contributed by atoms with E-state index in [0.717, 1.165) is 49.4 Å². The maximum Gasteiger partial charge on any atom is 0.0826 e. The van der Waals surface area contributed by atoms with E-state index in [0.29, 0.717) is 0 Å². The molecule has 0 saturated carbocycles. The fourth-order valence-corrected chi connectivity index (χ4v) is 5.25. The normalized spacial score (nSPS) is 21.8. The largest absolute Gasteiger partial charge is 0.338 e. The van der Waals surface area contributed by atoms with Crippen LogP contribution in [0.3, 0.4) is 0 Å². The maximum atomic E-state index is 5.32. The van der Waals surface area contributed by atoms with E-state index in [9.17, 15) is 0 Å². The summed E-state index contributed by atoms with van der Waals surface area (Å²) in [5.74, 6) is 0.781. The highest BCUT2D eigenvalue weighted by molar-refractivity contribution is 7.80. The van der Waals surface area contributed by atoms with E-state index in [2.05, 4.69) is 119 Å². The zero-order valence-electron chi connectivity index (χ0n) is 23.3. The summed E-state index contributed by atoms with van der Waals surface area (Å²) in [5, 5.41) is 0. The van der Waals surface area contributed by atoms with E-state index in [1.807, 2.05) is 6.21 Å². The first-order valence-corrected chi connectivity index (χ1v) is 13.8. The Hall–Kier alpha value is -2.33. The van der Waals surface area contributed by atoms with E-state index < -0.39 is 0 Å². The van der Waals surface area contributed by atoms with E-state index >= 15 is 0 Å². The van der Waals surface area contributed by atoms with Crippen LogP contribution in [0.5, 0.6) is 0 Å². The van der Waals surface area contributed by atoms with Gasteiger partial charge in [0.15, 0.2) is 0 Å². The SMILES string of the molecule is C/C=C(\C=CCN(C)C)C1=NC2C(CC=C=C(N(CCS)c3cc(C)cc(CC)c3)CC2(C)C)N=C1. The van der Waals surface area contributed by atoms with E-state index in [1.165, 1.54) is 22.5 Å². The fraction of sp³-hybridized carbons (Fsp3) is 0.516. The molecule has 0 aromatic heterocycles. The smallest absolute Gasteiger partial charge is 0.0826 e. The molecule has 0 saturated heterocycles. The molecule has 1 aromatic rings. The molecule has 0 amide bonds. The van der Waals surface area contributed by atoms with Gasteiger partial charge in [-0.15, -0.1) is 5.73 Å². The molecule has 1 aromatic carbocycles. The molecule has 0 radical (unpaired) electrons. The molecular formula is C31H44N4S. The van der Waals surface area contributed by atoms with E-state index in [-0.39, 0.29) is 17.5 Å². The molecule has 2 aliphatic rings. The molecule has 0 bridgehead atoms. The van der Waals surface area contributed by atoms with Gasteiger partial charge in [0.25, 0.3) is 0 Å². The number of allylic oxidation sites excluding steroid dienone is 3. The number of thiol groups is 1. The van der Waals surface area contributed by atoms with Gasteiger partial charge in [-0.3, -0.25) is 9.98 Å². The second kappa shape index (κ2) is 12.8. The minimum Gasteiger partial charge on any atom is -0.338 e. The highest BCUT2D eigenvalue weighted by atomic mass is 32.1. The van der Waals surface area contributed by atoms with E-state index in [4.69, 9.17) is 9.98 Å². The summed E-state index contributed by atoms with van der Waals surface area (Å²) in [7, 11) is 4.16. The number of aliphatic imine (C=N–C) groups is 2. The Bertz CT molecular complexity index is 1100. The number of nitrogens with zero attached hydrogens (tertiary/aromatic N) is 4.